The van der Waals surface area contributed by atoms with E-state index in [1.54, 1.807) is 0 Å². The zero-order valence-electron chi connectivity index (χ0n) is 23.0. The molecule has 0 saturated heterocycles. The van der Waals surface area contributed by atoms with Gasteiger partial charge in [0.05, 0.1) is 6.61 Å². The van der Waals surface area contributed by atoms with Gasteiger partial charge in [-0.1, -0.05) is 148 Å². The van der Waals surface area contributed by atoms with E-state index in [-0.39, 0.29) is 42.1 Å². The molecule has 0 aromatic rings. The van der Waals surface area contributed by atoms with E-state index in [4.69, 9.17) is 0 Å². The van der Waals surface area contributed by atoms with Crippen molar-refractivity contribution in [1.29, 1.82) is 0 Å². The molecule has 34 heavy (non-hydrogen) atoms. The smallest absolute Gasteiger partial charge is 0.726 e. The molecule has 0 fully saturated rings. The number of hydrogen-bond acceptors (Lipinski definition) is 4. The van der Waals surface area contributed by atoms with Crippen molar-refractivity contribution in [1.82, 2.24) is 0 Å². The largest absolute Gasteiger partial charge is 1.00 e. The molecule has 0 spiro atoms. The maximum absolute atomic E-state index is 10.8. The molecule has 6 heteroatoms. The molecule has 0 saturated carbocycles. The van der Waals surface area contributed by atoms with Crippen molar-refractivity contribution in [2.45, 2.75) is 155 Å². The third-order valence-corrected chi connectivity index (χ3v) is 6.91. The summed E-state index contributed by atoms with van der Waals surface area (Å²) >= 11 is 0. The summed E-state index contributed by atoms with van der Waals surface area (Å²) in [5.74, 6) is 0.0198. The van der Waals surface area contributed by atoms with Gasteiger partial charge in [-0.15, -0.1) is 0 Å². The summed E-state index contributed by atoms with van der Waals surface area (Å²) in [4.78, 5) is 0. The van der Waals surface area contributed by atoms with Gasteiger partial charge >= 0.3 is 29.6 Å². The Balaban J connectivity index is 0. The fraction of sp³-hybridized carbons (Fsp3) is 0.929. The third-order valence-electron chi connectivity index (χ3n) is 6.49. The average Bonchev–Trinajstić information content (AvgIpc) is 2.78. The van der Waals surface area contributed by atoms with Gasteiger partial charge in [-0.25, -0.2) is 8.42 Å². The Hall–Kier alpha value is 0.610. The first kappa shape index (κ1) is 36.8. The summed E-state index contributed by atoms with van der Waals surface area (Å²) in [5, 5.41) is 0. The quantitative estimate of drug-likeness (QED) is 0.0453. The maximum Gasteiger partial charge on any atom is 1.00 e. The van der Waals surface area contributed by atoms with Gasteiger partial charge in [0.15, 0.2) is 0 Å². The van der Waals surface area contributed by atoms with Crippen LogP contribution in [0.25, 0.3) is 0 Å². The first-order chi connectivity index (χ1) is 16.0. The van der Waals surface area contributed by atoms with Crippen molar-refractivity contribution in [3.63, 3.8) is 0 Å². The summed E-state index contributed by atoms with van der Waals surface area (Å²) in [7, 11) is -4.61. The van der Waals surface area contributed by atoms with E-state index >= 15 is 0 Å². The molecular weight excluding hydrogens is 455 g/mol. The van der Waals surface area contributed by atoms with E-state index in [0.717, 1.165) is 25.7 Å². The molecular formula is C28H55NaO4S. The number of rotatable bonds is 26. The van der Waals surface area contributed by atoms with Crippen LogP contribution in [0.15, 0.2) is 12.2 Å². The van der Waals surface area contributed by atoms with E-state index in [9.17, 15) is 13.0 Å². The standard InChI is InChI=1S/C28H56O4S.Na/c1-3-5-7-9-11-12-13-14-15-16-17-18-20-22-24-26-28(27-32-33(29,30)31)25-23-21-19-10-8-6-4-2;/h24,26,28H,3-23,25,27H2,1-2H3,(H,29,30,31);/q;+1/p-1/b26-24+;. The van der Waals surface area contributed by atoms with Crippen LogP contribution in [0.4, 0.5) is 0 Å². The number of hydrogen-bond donors (Lipinski definition) is 0. The van der Waals surface area contributed by atoms with Gasteiger partial charge in [-0.2, -0.15) is 0 Å². The maximum atomic E-state index is 10.8. The Morgan fingerprint density at radius 2 is 1.03 bits per heavy atom. The third kappa shape index (κ3) is 30.6. The van der Waals surface area contributed by atoms with Crippen LogP contribution in [-0.2, 0) is 14.6 Å². The van der Waals surface area contributed by atoms with Gasteiger partial charge in [0.2, 0.25) is 10.4 Å². The van der Waals surface area contributed by atoms with Crippen molar-refractivity contribution >= 4 is 10.4 Å². The summed E-state index contributed by atoms with van der Waals surface area (Å²) in [6, 6.07) is 0. The average molecular weight is 511 g/mol. The van der Waals surface area contributed by atoms with E-state index in [2.05, 4.69) is 30.2 Å². The number of allylic oxidation sites excluding steroid dienone is 1. The summed E-state index contributed by atoms with van der Waals surface area (Å²) in [6.07, 6.45) is 32.4. The number of unbranched alkanes of at least 4 members (excludes halogenated alkanes) is 19. The van der Waals surface area contributed by atoms with Gasteiger partial charge in [-0.05, 0) is 19.3 Å². The van der Waals surface area contributed by atoms with Crippen LogP contribution >= 0.6 is 0 Å². The zero-order valence-corrected chi connectivity index (χ0v) is 25.9. The molecule has 0 aliphatic rings. The Kier molecular flexibility index (Phi) is 30.5. The Morgan fingerprint density at radius 3 is 1.44 bits per heavy atom. The molecule has 0 aromatic heterocycles. The molecule has 198 valence electrons. The first-order valence-electron chi connectivity index (χ1n) is 14.3. The molecule has 0 aliphatic carbocycles. The molecule has 0 amide bonds. The summed E-state index contributed by atoms with van der Waals surface area (Å²) < 4.78 is 37.0. The minimum atomic E-state index is -4.61. The second-order valence-electron chi connectivity index (χ2n) is 9.82. The monoisotopic (exact) mass is 510 g/mol. The fourth-order valence-electron chi connectivity index (χ4n) is 4.34. The first-order valence-corrected chi connectivity index (χ1v) is 15.6. The molecule has 0 heterocycles. The molecule has 0 radical (unpaired) electrons. The molecule has 0 N–H and O–H groups in total. The van der Waals surface area contributed by atoms with Crippen LogP contribution in [0.5, 0.6) is 0 Å². The predicted octanol–water partition coefficient (Wildman–Crippen LogP) is 6.26. The van der Waals surface area contributed by atoms with Crippen molar-refractivity contribution in [3.05, 3.63) is 12.2 Å². The van der Waals surface area contributed by atoms with Gasteiger partial charge in [-0.3, -0.25) is 4.18 Å². The fourth-order valence-corrected chi connectivity index (χ4v) is 4.68. The van der Waals surface area contributed by atoms with Crippen LogP contribution in [0.1, 0.15) is 155 Å². The van der Waals surface area contributed by atoms with Crippen LogP contribution < -0.4 is 29.6 Å². The molecule has 4 nitrogen and oxygen atoms in total. The normalized spacial score (nSPS) is 12.8. The molecule has 1 atom stereocenters. The van der Waals surface area contributed by atoms with Crippen LogP contribution in [0, 0.1) is 5.92 Å². The summed E-state index contributed by atoms with van der Waals surface area (Å²) in [6.45, 7) is 4.47. The summed E-state index contributed by atoms with van der Waals surface area (Å²) in [5.41, 5.74) is 0. The SMILES string of the molecule is CCCCCCCCCCCCCCC/C=C/C(CCCCCCCCC)COS(=O)(=O)[O-].[Na+]. The predicted molar refractivity (Wildman–Crippen MR) is 141 cm³/mol. The van der Waals surface area contributed by atoms with Crippen LogP contribution in [-0.4, -0.2) is 19.6 Å². The van der Waals surface area contributed by atoms with Gasteiger partial charge in [0, 0.05) is 5.92 Å². The molecule has 0 rings (SSSR count). The van der Waals surface area contributed by atoms with Crippen LogP contribution in [0.3, 0.4) is 0 Å². The van der Waals surface area contributed by atoms with E-state index in [1.165, 1.54) is 116 Å². The zero-order chi connectivity index (χ0) is 24.5. The van der Waals surface area contributed by atoms with Gasteiger partial charge in [0.1, 0.15) is 0 Å². The Labute approximate surface area is 235 Å². The topological polar surface area (TPSA) is 66.4 Å². The second-order valence-corrected chi connectivity index (χ2v) is 10.9. The molecule has 1 unspecified atom stereocenters. The van der Waals surface area contributed by atoms with E-state index < -0.39 is 10.4 Å². The Bertz CT molecular complexity index is 522. The molecule has 0 bridgehead atoms. The second kappa shape index (κ2) is 28.2. The minimum Gasteiger partial charge on any atom is -0.726 e. The van der Waals surface area contributed by atoms with E-state index in [1.807, 2.05) is 0 Å². The van der Waals surface area contributed by atoms with Gasteiger partial charge < -0.3 is 4.55 Å². The molecule has 0 aliphatic heterocycles. The van der Waals surface area contributed by atoms with Crippen molar-refractivity contribution in [2.75, 3.05) is 6.61 Å². The van der Waals surface area contributed by atoms with Crippen molar-refractivity contribution in [3.8, 4) is 0 Å². The van der Waals surface area contributed by atoms with Gasteiger partial charge in [0.25, 0.3) is 0 Å². The van der Waals surface area contributed by atoms with Crippen molar-refractivity contribution < 1.29 is 46.7 Å². The minimum absolute atomic E-state index is 0. The Morgan fingerprint density at radius 1 is 0.647 bits per heavy atom. The van der Waals surface area contributed by atoms with Crippen molar-refractivity contribution in [2.24, 2.45) is 5.92 Å². The van der Waals surface area contributed by atoms with Crippen LogP contribution in [0.2, 0.25) is 0 Å². The van der Waals surface area contributed by atoms with E-state index in [0.29, 0.717) is 0 Å². The molecule has 0 aromatic carbocycles.